The number of rotatable bonds is 11. The molecule has 0 saturated heterocycles. The number of fused-ring (bicyclic) bond motifs is 3. The van der Waals surface area contributed by atoms with E-state index in [9.17, 15) is 9.59 Å². The Hall–Kier alpha value is -4.24. The van der Waals surface area contributed by atoms with Gasteiger partial charge in [0.05, 0.1) is 30.3 Å². The Bertz CT molecular complexity index is 1630. The molecule has 1 saturated carbocycles. The first kappa shape index (κ1) is 26.0. The van der Waals surface area contributed by atoms with Gasteiger partial charge in [-0.2, -0.15) is 0 Å². The minimum absolute atomic E-state index is 0.0250. The largest absolute Gasteiger partial charge is 0.468 e. The lowest BCUT2D eigenvalue weighted by molar-refractivity contribution is -0.121. The number of para-hydroxylation sites is 1. The van der Waals surface area contributed by atoms with Crippen LogP contribution in [0.4, 0.5) is 0 Å². The highest BCUT2D eigenvalue weighted by molar-refractivity contribution is 5.80. The first-order valence-corrected chi connectivity index (χ1v) is 14.1. The van der Waals surface area contributed by atoms with E-state index in [2.05, 4.69) is 20.4 Å². The Labute approximate surface area is 232 Å². The average Bonchev–Trinajstić information content (AvgIpc) is 3.77. The zero-order chi connectivity index (χ0) is 27.3. The van der Waals surface area contributed by atoms with Gasteiger partial charge >= 0.3 is 0 Å². The van der Waals surface area contributed by atoms with Gasteiger partial charge in [0.2, 0.25) is 11.7 Å². The summed E-state index contributed by atoms with van der Waals surface area (Å²) in [5.41, 5.74) is 1.65. The Morgan fingerprint density at radius 1 is 1.00 bits per heavy atom. The highest BCUT2D eigenvalue weighted by atomic mass is 16.3. The van der Waals surface area contributed by atoms with Crippen LogP contribution in [-0.4, -0.2) is 49.1 Å². The van der Waals surface area contributed by atoms with Crippen LogP contribution in [0.15, 0.2) is 82.2 Å². The second-order valence-electron chi connectivity index (χ2n) is 10.5. The topological polar surface area (TPSA) is 97.7 Å². The molecule has 0 bridgehead atoms. The lowest BCUT2D eigenvalue weighted by Gasteiger charge is -2.28. The smallest absolute Gasteiger partial charge is 0.263 e. The first-order valence-electron chi connectivity index (χ1n) is 14.1. The van der Waals surface area contributed by atoms with Crippen LogP contribution >= 0.6 is 0 Å². The van der Waals surface area contributed by atoms with Crippen LogP contribution in [0.1, 0.15) is 49.3 Å². The summed E-state index contributed by atoms with van der Waals surface area (Å²) in [6, 6.07) is 21.8. The van der Waals surface area contributed by atoms with E-state index in [0.717, 1.165) is 29.9 Å². The van der Waals surface area contributed by atoms with Crippen LogP contribution in [0.5, 0.6) is 0 Å². The van der Waals surface area contributed by atoms with Crippen LogP contribution in [0.2, 0.25) is 0 Å². The van der Waals surface area contributed by atoms with E-state index in [1.807, 2.05) is 71.1 Å². The van der Waals surface area contributed by atoms with Gasteiger partial charge in [0.1, 0.15) is 11.6 Å². The number of amides is 1. The van der Waals surface area contributed by atoms with Gasteiger partial charge in [0.15, 0.2) is 0 Å². The third kappa shape index (κ3) is 5.56. The molecule has 1 aliphatic rings. The van der Waals surface area contributed by atoms with Crippen molar-refractivity contribution in [1.29, 1.82) is 0 Å². The molecule has 0 atom stereocenters. The molecule has 9 heteroatoms. The SMILES string of the molecule is O=C(CCc1nnc2n(Cc3ccccc3)c(=O)c3ccccc3n12)NCCN(Cc1ccco1)C1CCCC1. The number of carbonyl (C=O) groups excluding carboxylic acids is 1. The maximum atomic E-state index is 13.4. The second-order valence-corrected chi connectivity index (χ2v) is 10.5. The summed E-state index contributed by atoms with van der Waals surface area (Å²) in [6.45, 7) is 2.51. The number of nitrogens with one attached hydrogen (secondary N) is 1. The van der Waals surface area contributed by atoms with E-state index in [-0.39, 0.29) is 17.9 Å². The van der Waals surface area contributed by atoms with Crippen LogP contribution < -0.4 is 10.9 Å². The monoisotopic (exact) mass is 538 g/mol. The lowest BCUT2D eigenvalue weighted by Crippen LogP contribution is -2.39. The summed E-state index contributed by atoms with van der Waals surface area (Å²) in [7, 11) is 0. The Morgan fingerprint density at radius 2 is 1.80 bits per heavy atom. The number of nitrogens with zero attached hydrogens (tertiary/aromatic N) is 5. The highest BCUT2D eigenvalue weighted by Crippen LogP contribution is 2.25. The van der Waals surface area contributed by atoms with E-state index in [4.69, 9.17) is 4.42 Å². The van der Waals surface area contributed by atoms with Gasteiger partial charge in [-0.3, -0.25) is 23.5 Å². The van der Waals surface area contributed by atoms with E-state index < -0.39 is 0 Å². The zero-order valence-electron chi connectivity index (χ0n) is 22.5. The van der Waals surface area contributed by atoms with Gasteiger partial charge in [0.25, 0.3) is 5.56 Å². The lowest BCUT2D eigenvalue weighted by atomic mass is 10.2. The molecule has 0 spiro atoms. The Balaban J connectivity index is 1.15. The van der Waals surface area contributed by atoms with Gasteiger partial charge in [0, 0.05) is 32.0 Å². The molecule has 0 radical (unpaired) electrons. The maximum Gasteiger partial charge on any atom is 0.263 e. The first-order chi connectivity index (χ1) is 19.7. The molecule has 0 aliphatic heterocycles. The third-order valence-electron chi connectivity index (χ3n) is 7.84. The van der Waals surface area contributed by atoms with Crippen molar-refractivity contribution < 1.29 is 9.21 Å². The molecule has 40 heavy (non-hydrogen) atoms. The summed E-state index contributed by atoms with van der Waals surface area (Å²) in [4.78, 5) is 28.7. The van der Waals surface area contributed by atoms with Crippen molar-refractivity contribution in [2.24, 2.45) is 0 Å². The molecule has 0 unspecified atom stereocenters. The predicted octanol–water partition coefficient (Wildman–Crippen LogP) is 4.18. The molecule has 1 fully saturated rings. The molecular formula is C31H34N6O3. The van der Waals surface area contributed by atoms with Crippen LogP contribution in [0.25, 0.3) is 16.7 Å². The van der Waals surface area contributed by atoms with E-state index >= 15 is 0 Å². The van der Waals surface area contributed by atoms with Crippen molar-refractivity contribution in [3.05, 3.63) is 100 Å². The molecular weight excluding hydrogens is 504 g/mol. The molecule has 206 valence electrons. The molecule has 3 aromatic heterocycles. The van der Waals surface area contributed by atoms with Gasteiger partial charge in [-0.15, -0.1) is 10.2 Å². The molecule has 1 aliphatic carbocycles. The van der Waals surface area contributed by atoms with Crippen molar-refractivity contribution in [2.45, 2.75) is 57.7 Å². The predicted molar refractivity (Wildman–Crippen MR) is 153 cm³/mol. The van der Waals surface area contributed by atoms with Gasteiger partial charge < -0.3 is 9.73 Å². The molecule has 9 nitrogen and oxygen atoms in total. The number of benzene rings is 2. The van der Waals surface area contributed by atoms with Crippen LogP contribution in [0, 0.1) is 0 Å². The molecule has 6 rings (SSSR count). The third-order valence-corrected chi connectivity index (χ3v) is 7.84. The van der Waals surface area contributed by atoms with Crippen LogP contribution in [-0.2, 0) is 24.3 Å². The van der Waals surface area contributed by atoms with Crippen molar-refractivity contribution in [1.82, 2.24) is 29.4 Å². The number of hydrogen-bond donors (Lipinski definition) is 1. The minimum atomic E-state index is -0.106. The van der Waals surface area contributed by atoms with Gasteiger partial charge in [-0.25, -0.2) is 0 Å². The molecule has 1 amide bonds. The van der Waals surface area contributed by atoms with Gasteiger partial charge in [-0.05, 0) is 42.7 Å². The molecule has 3 heterocycles. The maximum absolute atomic E-state index is 13.4. The standard InChI is InChI=1S/C31H34N6O3/c38-29(32-18-19-35(24-11-4-5-12-24)22-25-13-8-20-40-25)17-16-28-33-34-31-36(21-23-9-2-1-3-10-23)30(39)26-14-6-7-15-27(26)37(28)31/h1-3,6-10,13-15,20,24H,4-5,11-12,16-19,21-22H2,(H,32,38). The summed E-state index contributed by atoms with van der Waals surface area (Å²) >= 11 is 0. The Morgan fingerprint density at radius 3 is 2.60 bits per heavy atom. The number of aryl methyl sites for hydroxylation is 1. The van der Waals surface area contributed by atoms with Crippen molar-refractivity contribution in [3.63, 3.8) is 0 Å². The number of aromatic nitrogens is 4. The summed E-state index contributed by atoms with van der Waals surface area (Å²) in [5, 5.41) is 12.5. The van der Waals surface area contributed by atoms with Crippen molar-refractivity contribution in [3.8, 4) is 0 Å². The molecule has 2 aromatic carbocycles. The number of carbonyl (C=O) groups is 1. The van der Waals surface area contributed by atoms with Crippen LogP contribution in [0.3, 0.4) is 0 Å². The summed E-state index contributed by atoms with van der Waals surface area (Å²) < 4.78 is 9.15. The number of furan rings is 1. The van der Waals surface area contributed by atoms with E-state index in [1.165, 1.54) is 25.7 Å². The van der Waals surface area contributed by atoms with E-state index in [1.54, 1.807) is 10.8 Å². The second kappa shape index (κ2) is 11.9. The fourth-order valence-electron chi connectivity index (χ4n) is 5.80. The number of hydrogen-bond acceptors (Lipinski definition) is 6. The summed E-state index contributed by atoms with van der Waals surface area (Å²) in [5.74, 6) is 2.07. The normalized spacial score (nSPS) is 14.0. The molecule has 5 aromatic rings. The highest BCUT2D eigenvalue weighted by Gasteiger charge is 2.23. The minimum Gasteiger partial charge on any atom is -0.468 e. The van der Waals surface area contributed by atoms with Gasteiger partial charge in [-0.1, -0.05) is 55.3 Å². The van der Waals surface area contributed by atoms with Crippen molar-refractivity contribution >= 4 is 22.6 Å². The Kier molecular flexibility index (Phi) is 7.72. The zero-order valence-corrected chi connectivity index (χ0v) is 22.5. The fourth-order valence-corrected chi connectivity index (χ4v) is 5.80. The van der Waals surface area contributed by atoms with Crippen molar-refractivity contribution in [2.75, 3.05) is 13.1 Å². The average molecular weight is 539 g/mol. The van der Waals surface area contributed by atoms with E-state index in [0.29, 0.717) is 42.5 Å². The molecule has 1 N–H and O–H groups in total. The quantitative estimate of drug-likeness (QED) is 0.271. The fraction of sp³-hybridized carbons (Fsp3) is 0.355. The summed E-state index contributed by atoms with van der Waals surface area (Å²) in [6.07, 6.45) is 7.31.